The molecule has 3 aromatic carbocycles. The number of fused-ring (bicyclic) bond motifs is 2. The maximum Gasteiger partial charge on any atom is 0.313 e. The first-order valence-corrected chi connectivity index (χ1v) is 9.90. The summed E-state index contributed by atoms with van der Waals surface area (Å²) in [6, 6.07) is 22.4. The number of nitrogens with zero attached hydrogens (tertiary/aromatic N) is 1. The summed E-state index contributed by atoms with van der Waals surface area (Å²) >= 11 is 2.89. The minimum Gasteiger partial charge on any atom is -0.481 e. The number of rotatable bonds is 5. The lowest BCUT2D eigenvalue weighted by atomic mass is 10.1. The number of carboxylic acid groups (broad SMARTS) is 1. The van der Waals surface area contributed by atoms with Crippen molar-refractivity contribution in [1.82, 2.24) is 4.98 Å². The second kappa shape index (κ2) is 7.32. The Morgan fingerprint density at radius 2 is 1.81 bits per heavy atom. The number of thioether (sulfide) groups is 1. The molecule has 0 aliphatic carbocycles. The van der Waals surface area contributed by atoms with Gasteiger partial charge in [0.25, 0.3) is 0 Å². The van der Waals surface area contributed by atoms with Crippen molar-refractivity contribution >= 4 is 61.0 Å². The molecule has 0 amide bonds. The highest BCUT2D eigenvalue weighted by Crippen LogP contribution is 2.35. The lowest BCUT2D eigenvalue weighted by molar-refractivity contribution is -0.133. The van der Waals surface area contributed by atoms with Crippen molar-refractivity contribution < 1.29 is 9.90 Å². The Hall–Kier alpha value is -2.63. The summed E-state index contributed by atoms with van der Waals surface area (Å²) in [5.41, 5.74) is 1.98. The summed E-state index contributed by atoms with van der Waals surface area (Å²) in [7, 11) is 0. The number of para-hydroxylation sites is 1. The van der Waals surface area contributed by atoms with Crippen molar-refractivity contribution in [2.24, 2.45) is 0 Å². The average molecular weight is 377 g/mol. The highest BCUT2D eigenvalue weighted by molar-refractivity contribution is 8.09. The van der Waals surface area contributed by atoms with Gasteiger partial charge < -0.3 is 5.11 Å². The van der Waals surface area contributed by atoms with Crippen LogP contribution in [-0.2, 0) is 4.79 Å². The second-order valence-corrected chi connectivity index (χ2v) is 7.83. The van der Waals surface area contributed by atoms with Gasteiger partial charge in [0.1, 0.15) is 5.01 Å². The summed E-state index contributed by atoms with van der Waals surface area (Å²) in [5.74, 6) is -0.824. The van der Waals surface area contributed by atoms with Crippen LogP contribution in [0.1, 0.15) is 10.6 Å². The number of hydrogen-bond acceptors (Lipinski definition) is 4. The van der Waals surface area contributed by atoms with Crippen molar-refractivity contribution in [3.8, 4) is 0 Å². The first-order chi connectivity index (χ1) is 12.7. The number of carbonyl (C=O) groups is 1. The Kier molecular flexibility index (Phi) is 4.73. The fourth-order valence-corrected chi connectivity index (χ4v) is 4.58. The summed E-state index contributed by atoms with van der Waals surface area (Å²) in [6.45, 7) is 0. The van der Waals surface area contributed by atoms with Gasteiger partial charge >= 0.3 is 5.97 Å². The molecule has 1 heterocycles. The first-order valence-electron chi connectivity index (χ1n) is 8.10. The maximum atomic E-state index is 11.1. The first kappa shape index (κ1) is 16.8. The van der Waals surface area contributed by atoms with E-state index in [1.54, 1.807) is 11.3 Å². The molecular formula is C21H15NO2S2. The third-order valence-corrected chi connectivity index (χ3v) is 6.14. The monoisotopic (exact) mass is 377 g/mol. The van der Waals surface area contributed by atoms with Crippen molar-refractivity contribution in [2.75, 3.05) is 5.75 Å². The molecule has 0 saturated heterocycles. The van der Waals surface area contributed by atoms with Crippen LogP contribution >= 0.6 is 23.1 Å². The van der Waals surface area contributed by atoms with Gasteiger partial charge in [-0.3, -0.25) is 4.79 Å². The zero-order valence-electron chi connectivity index (χ0n) is 13.8. The van der Waals surface area contributed by atoms with Gasteiger partial charge in [0.2, 0.25) is 0 Å². The molecule has 0 atom stereocenters. The normalized spacial score (nSPS) is 11.9. The van der Waals surface area contributed by atoms with E-state index < -0.39 is 5.97 Å². The van der Waals surface area contributed by atoms with Crippen LogP contribution in [0.2, 0.25) is 0 Å². The largest absolute Gasteiger partial charge is 0.481 e. The van der Waals surface area contributed by atoms with Gasteiger partial charge in [-0.1, -0.05) is 48.5 Å². The number of carboxylic acids is 1. The minimum absolute atomic E-state index is 0.00927. The summed E-state index contributed by atoms with van der Waals surface area (Å²) in [6.07, 6.45) is 2.03. The smallest absolute Gasteiger partial charge is 0.313 e. The van der Waals surface area contributed by atoms with E-state index in [-0.39, 0.29) is 5.75 Å². The van der Waals surface area contributed by atoms with Gasteiger partial charge in [-0.2, -0.15) is 0 Å². The molecule has 4 aromatic rings. The lowest BCUT2D eigenvalue weighted by Crippen LogP contribution is -1.98. The van der Waals surface area contributed by atoms with Gasteiger partial charge in [0, 0.05) is 4.91 Å². The fourth-order valence-electron chi connectivity index (χ4n) is 2.73. The van der Waals surface area contributed by atoms with E-state index in [9.17, 15) is 4.79 Å². The van der Waals surface area contributed by atoms with Crippen LogP contribution in [0, 0.1) is 0 Å². The topological polar surface area (TPSA) is 50.2 Å². The summed E-state index contributed by atoms with van der Waals surface area (Å²) in [5, 5.41) is 12.3. The Balaban J connectivity index is 1.77. The summed E-state index contributed by atoms with van der Waals surface area (Å²) in [4.78, 5) is 16.6. The molecule has 0 aliphatic rings. The van der Waals surface area contributed by atoms with Crippen molar-refractivity contribution in [3.63, 3.8) is 0 Å². The molecule has 1 N–H and O–H groups in total. The van der Waals surface area contributed by atoms with E-state index in [2.05, 4.69) is 35.3 Å². The molecular weight excluding hydrogens is 362 g/mol. The molecule has 4 rings (SSSR count). The predicted octanol–water partition coefficient (Wildman–Crippen LogP) is 5.77. The van der Waals surface area contributed by atoms with E-state index in [1.165, 1.54) is 17.1 Å². The molecule has 5 heteroatoms. The third-order valence-electron chi connectivity index (χ3n) is 3.93. The fraction of sp³-hybridized carbons (Fsp3) is 0.0476. The Morgan fingerprint density at radius 1 is 1.04 bits per heavy atom. The lowest BCUT2D eigenvalue weighted by Gasteiger charge is -2.04. The highest BCUT2D eigenvalue weighted by atomic mass is 32.2. The molecule has 0 unspecified atom stereocenters. The van der Waals surface area contributed by atoms with Gasteiger partial charge in [-0.25, -0.2) is 4.98 Å². The standard InChI is InChI=1S/C21H15NO2S2/c23-20(24)13-25-19(21-22-17-7-3-4-8-18(17)26-21)12-14-9-10-15-5-1-2-6-16(15)11-14/h1-12H,13H2,(H,23,24). The molecule has 1 aromatic heterocycles. The van der Waals surface area contributed by atoms with Gasteiger partial charge in [-0.05, 0) is 40.6 Å². The van der Waals surface area contributed by atoms with Crippen LogP contribution in [-0.4, -0.2) is 21.8 Å². The van der Waals surface area contributed by atoms with Crippen LogP contribution in [0.25, 0.3) is 32.0 Å². The average Bonchev–Trinajstić information content (AvgIpc) is 3.09. The molecule has 0 aliphatic heterocycles. The quantitative estimate of drug-likeness (QED) is 0.480. The molecule has 0 radical (unpaired) electrons. The van der Waals surface area contributed by atoms with E-state index in [1.807, 2.05) is 42.5 Å². The van der Waals surface area contributed by atoms with Crippen LogP contribution < -0.4 is 0 Å². The van der Waals surface area contributed by atoms with Crippen LogP contribution in [0.4, 0.5) is 0 Å². The number of thiazole rings is 1. The number of aromatic nitrogens is 1. The summed E-state index contributed by atoms with van der Waals surface area (Å²) < 4.78 is 1.10. The third kappa shape index (κ3) is 3.64. The van der Waals surface area contributed by atoms with E-state index in [0.29, 0.717) is 0 Å². The predicted molar refractivity (Wildman–Crippen MR) is 112 cm³/mol. The maximum absolute atomic E-state index is 11.1. The van der Waals surface area contributed by atoms with Crippen molar-refractivity contribution in [1.29, 1.82) is 0 Å². The van der Waals surface area contributed by atoms with Crippen LogP contribution in [0.5, 0.6) is 0 Å². The van der Waals surface area contributed by atoms with E-state index >= 15 is 0 Å². The van der Waals surface area contributed by atoms with Crippen molar-refractivity contribution in [3.05, 3.63) is 77.3 Å². The Morgan fingerprint density at radius 3 is 2.62 bits per heavy atom. The molecule has 0 saturated carbocycles. The molecule has 26 heavy (non-hydrogen) atoms. The highest BCUT2D eigenvalue weighted by Gasteiger charge is 2.12. The molecule has 0 fully saturated rings. The van der Waals surface area contributed by atoms with E-state index in [4.69, 9.17) is 5.11 Å². The van der Waals surface area contributed by atoms with Crippen molar-refractivity contribution in [2.45, 2.75) is 0 Å². The SMILES string of the molecule is O=C(O)CSC(=Cc1ccc2ccccc2c1)c1nc2ccccc2s1. The van der Waals surface area contributed by atoms with Crippen LogP contribution in [0.3, 0.4) is 0 Å². The Bertz CT molecular complexity index is 1100. The van der Waals surface area contributed by atoms with Gasteiger partial charge in [-0.15, -0.1) is 23.1 Å². The zero-order chi connectivity index (χ0) is 17.9. The molecule has 0 spiro atoms. The Labute approximate surface area is 159 Å². The number of benzene rings is 3. The molecule has 128 valence electrons. The number of hydrogen-bond donors (Lipinski definition) is 1. The second-order valence-electron chi connectivity index (χ2n) is 5.78. The molecule has 3 nitrogen and oxygen atoms in total. The molecule has 0 bridgehead atoms. The number of aliphatic carboxylic acids is 1. The van der Waals surface area contributed by atoms with Crippen LogP contribution in [0.15, 0.2) is 66.7 Å². The van der Waals surface area contributed by atoms with E-state index in [0.717, 1.165) is 31.1 Å². The van der Waals surface area contributed by atoms with Gasteiger partial charge in [0.05, 0.1) is 16.0 Å². The minimum atomic E-state index is -0.833. The zero-order valence-corrected chi connectivity index (χ0v) is 15.4. The van der Waals surface area contributed by atoms with Gasteiger partial charge in [0.15, 0.2) is 0 Å².